The van der Waals surface area contributed by atoms with Crippen LogP contribution in [0, 0.1) is 0 Å². The second kappa shape index (κ2) is 5.66. The number of fused-ring (bicyclic) bond motifs is 1. The van der Waals surface area contributed by atoms with E-state index in [9.17, 15) is 4.79 Å². The smallest absolute Gasteiger partial charge is 0.335 e. The average Bonchev–Trinajstić information content (AvgIpc) is 3.11. The molecule has 0 bridgehead atoms. The highest BCUT2D eigenvalue weighted by atomic mass is 16.5. The summed E-state index contributed by atoms with van der Waals surface area (Å²) in [6, 6.07) is 18.1. The number of aromatic carboxylic acids is 1. The lowest BCUT2D eigenvalue weighted by molar-refractivity contribution is 0.0697. The van der Waals surface area contributed by atoms with Gasteiger partial charge < -0.3 is 9.84 Å². The minimum Gasteiger partial charge on any atom is -0.478 e. The van der Waals surface area contributed by atoms with E-state index in [-0.39, 0.29) is 5.56 Å². The normalized spacial score (nSPS) is 16.3. The van der Waals surface area contributed by atoms with Crippen molar-refractivity contribution in [3.63, 3.8) is 0 Å². The van der Waals surface area contributed by atoms with Gasteiger partial charge in [0.1, 0.15) is 5.69 Å². The maximum atomic E-state index is 11.1. The van der Waals surface area contributed by atoms with Crippen molar-refractivity contribution in [3.05, 3.63) is 77.5 Å². The van der Waals surface area contributed by atoms with E-state index in [2.05, 4.69) is 15.5 Å². The largest absolute Gasteiger partial charge is 0.478 e. The first-order valence-electron chi connectivity index (χ1n) is 7.40. The van der Waals surface area contributed by atoms with Crippen molar-refractivity contribution in [2.24, 2.45) is 5.10 Å². The summed E-state index contributed by atoms with van der Waals surface area (Å²) in [6.07, 6.45) is -0.502. The van der Waals surface area contributed by atoms with Gasteiger partial charge in [0.25, 0.3) is 0 Å². The fourth-order valence-corrected chi connectivity index (χ4v) is 2.55. The van der Waals surface area contributed by atoms with Gasteiger partial charge in [-0.1, -0.05) is 30.3 Å². The molecule has 0 aliphatic carbocycles. The van der Waals surface area contributed by atoms with Gasteiger partial charge in [0, 0.05) is 10.9 Å². The van der Waals surface area contributed by atoms with Gasteiger partial charge in [-0.25, -0.2) is 9.78 Å². The lowest BCUT2D eigenvalue weighted by Crippen LogP contribution is -2.14. The van der Waals surface area contributed by atoms with E-state index in [1.165, 1.54) is 12.1 Å². The number of hydrogen-bond donors (Lipinski definition) is 2. The molecule has 3 aromatic rings. The van der Waals surface area contributed by atoms with Crippen molar-refractivity contribution in [2.75, 3.05) is 0 Å². The van der Waals surface area contributed by atoms with Crippen LogP contribution in [-0.2, 0) is 4.74 Å². The van der Waals surface area contributed by atoms with Crippen LogP contribution in [-0.4, -0.2) is 22.0 Å². The fourth-order valence-electron chi connectivity index (χ4n) is 2.55. The van der Waals surface area contributed by atoms with Crippen LogP contribution in [0.1, 0.15) is 27.8 Å². The first-order valence-corrected chi connectivity index (χ1v) is 7.40. The molecule has 0 amide bonds. The third kappa shape index (κ3) is 2.54. The number of benzene rings is 2. The molecule has 2 heterocycles. The van der Waals surface area contributed by atoms with Gasteiger partial charge in [0.05, 0.1) is 11.1 Å². The van der Waals surface area contributed by atoms with E-state index in [1.807, 2.05) is 36.4 Å². The van der Waals surface area contributed by atoms with E-state index in [0.717, 1.165) is 10.9 Å². The molecule has 2 N–H and O–H groups in total. The van der Waals surface area contributed by atoms with Crippen molar-refractivity contribution in [1.29, 1.82) is 0 Å². The highest BCUT2D eigenvalue weighted by Crippen LogP contribution is 2.23. The molecule has 0 saturated carbocycles. The summed E-state index contributed by atoms with van der Waals surface area (Å²) in [5, 5.41) is 14.3. The molecule has 1 aromatic heterocycles. The molecule has 24 heavy (non-hydrogen) atoms. The van der Waals surface area contributed by atoms with Crippen molar-refractivity contribution in [3.8, 4) is 0 Å². The van der Waals surface area contributed by atoms with E-state index < -0.39 is 12.2 Å². The first-order chi connectivity index (χ1) is 11.7. The number of nitrogens with zero attached hydrogens (tertiary/aromatic N) is 2. The maximum Gasteiger partial charge on any atom is 0.335 e. The van der Waals surface area contributed by atoms with Crippen LogP contribution >= 0.6 is 0 Å². The van der Waals surface area contributed by atoms with Crippen molar-refractivity contribution in [1.82, 2.24) is 10.4 Å². The quantitative estimate of drug-likeness (QED) is 0.775. The van der Waals surface area contributed by atoms with E-state index in [4.69, 9.17) is 9.84 Å². The molecule has 1 aliphatic heterocycles. The predicted octanol–water partition coefficient (Wildman–Crippen LogP) is 2.91. The predicted molar refractivity (Wildman–Crippen MR) is 88.6 cm³/mol. The van der Waals surface area contributed by atoms with Gasteiger partial charge in [-0.3, -0.25) is 5.43 Å². The zero-order chi connectivity index (χ0) is 16.5. The molecule has 0 fully saturated rings. The molecule has 2 aromatic carbocycles. The summed E-state index contributed by atoms with van der Waals surface area (Å²) in [5.41, 5.74) is 5.27. The highest BCUT2D eigenvalue weighted by Gasteiger charge is 2.24. The van der Waals surface area contributed by atoms with Gasteiger partial charge in [0.15, 0.2) is 0 Å². The monoisotopic (exact) mass is 319 g/mol. The number of para-hydroxylation sites is 1. The van der Waals surface area contributed by atoms with Gasteiger partial charge in [-0.2, -0.15) is 0 Å². The number of carbonyl (C=O) groups is 1. The summed E-state index contributed by atoms with van der Waals surface area (Å²) in [5.74, 6) is -0.644. The van der Waals surface area contributed by atoms with Gasteiger partial charge >= 0.3 is 5.97 Å². The molecule has 6 heteroatoms. The number of rotatable bonds is 3. The average molecular weight is 319 g/mol. The maximum absolute atomic E-state index is 11.1. The molecule has 118 valence electrons. The number of aromatic nitrogens is 1. The molecule has 1 aliphatic rings. The lowest BCUT2D eigenvalue weighted by Gasteiger charge is -2.11. The number of ether oxygens (including phenoxy) is 1. The minimum absolute atomic E-state index is 0.186. The van der Waals surface area contributed by atoms with Crippen LogP contribution in [0.15, 0.2) is 65.8 Å². The Bertz CT molecular complexity index is 968. The molecule has 0 spiro atoms. The van der Waals surface area contributed by atoms with Gasteiger partial charge in [-0.15, -0.1) is 5.10 Å². The summed E-state index contributed by atoms with van der Waals surface area (Å²) in [4.78, 5) is 15.6. The Balaban J connectivity index is 1.58. The molecular weight excluding hydrogens is 306 g/mol. The second-order valence-electron chi connectivity index (χ2n) is 5.36. The topological polar surface area (TPSA) is 83.8 Å². The fraction of sp³-hybridized carbons (Fsp3) is 0.0556. The number of carboxylic acid groups (broad SMARTS) is 1. The van der Waals surface area contributed by atoms with Crippen LogP contribution in [0.25, 0.3) is 10.9 Å². The van der Waals surface area contributed by atoms with Gasteiger partial charge in [-0.05, 0) is 30.3 Å². The van der Waals surface area contributed by atoms with Crippen molar-refractivity contribution < 1.29 is 14.6 Å². The van der Waals surface area contributed by atoms with Crippen LogP contribution in [0.5, 0.6) is 0 Å². The third-order valence-electron chi connectivity index (χ3n) is 3.76. The second-order valence-corrected chi connectivity index (χ2v) is 5.36. The summed E-state index contributed by atoms with van der Waals surface area (Å²) in [7, 11) is 0. The Hall–Kier alpha value is -3.41. The Morgan fingerprint density at radius 1 is 1.08 bits per heavy atom. The number of hydrogen-bond acceptors (Lipinski definition) is 5. The summed E-state index contributed by atoms with van der Waals surface area (Å²) in [6.45, 7) is 0. The van der Waals surface area contributed by atoms with Crippen molar-refractivity contribution in [2.45, 2.75) is 6.23 Å². The summed E-state index contributed by atoms with van der Waals surface area (Å²) < 4.78 is 5.80. The van der Waals surface area contributed by atoms with Crippen LogP contribution in [0.4, 0.5) is 0 Å². The number of pyridine rings is 1. The molecule has 4 rings (SSSR count). The Kier molecular flexibility index (Phi) is 3.35. The standard InChI is InChI=1S/C18H13N3O3/c22-18(23)13-6-3-5-12(10-13)16-20-21-17(24-16)15-9-8-11-4-1-2-7-14(11)19-15/h1-10,17,21H,(H,22,23). The minimum atomic E-state index is -0.990. The van der Waals surface area contributed by atoms with E-state index in [0.29, 0.717) is 17.2 Å². The van der Waals surface area contributed by atoms with Crippen LogP contribution < -0.4 is 5.43 Å². The van der Waals surface area contributed by atoms with E-state index >= 15 is 0 Å². The van der Waals surface area contributed by atoms with Crippen molar-refractivity contribution >= 4 is 22.8 Å². The molecule has 1 atom stereocenters. The van der Waals surface area contributed by atoms with Crippen LogP contribution in [0.2, 0.25) is 0 Å². The van der Waals surface area contributed by atoms with Gasteiger partial charge in [0.2, 0.25) is 12.1 Å². The summed E-state index contributed by atoms with van der Waals surface area (Å²) >= 11 is 0. The number of hydrazone groups is 1. The zero-order valence-corrected chi connectivity index (χ0v) is 12.5. The molecule has 6 nitrogen and oxygen atoms in total. The van der Waals surface area contributed by atoms with Crippen LogP contribution in [0.3, 0.4) is 0 Å². The Morgan fingerprint density at radius 3 is 2.83 bits per heavy atom. The zero-order valence-electron chi connectivity index (χ0n) is 12.5. The molecular formula is C18H13N3O3. The molecule has 0 saturated heterocycles. The Labute approximate surface area is 137 Å². The molecule has 1 unspecified atom stereocenters. The Morgan fingerprint density at radius 2 is 1.96 bits per heavy atom. The highest BCUT2D eigenvalue weighted by molar-refractivity contribution is 5.97. The number of carboxylic acids is 1. The first kappa shape index (κ1) is 14.2. The SMILES string of the molecule is O=C(O)c1cccc(C2=NNC(c3ccc4ccccc4n3)O2)c1. The lowest BCUT2D eigenvalue weighted by atomic mass is 10.1. The third-order valence-corrected chi connectivity index (χ3v) is 3.76. The number of nitrogens with one attached hydrogen (secondary N) is 1. The van der Waals surface area contributed by atoms with E-state index in [1.54, 1.807) is 12.1 Å². The molecule has 0 radical (unpaired) electrons.